The van der Waals surface area contributed by atoms with Gasteiger partial charge in [-0.1, -0.05) is 6.07 Å². The number of hydrogen-bond acceptors (Lipinski definition) is 6. The highest BCUT2D eigenvalue weighted by Crippen LogP contribution is 2.27. The predicted molar refractivity (Wildman–Crippen MR) is 69.9 cm³/mol. The maximum atomic E-state index is 12.3. The summed E-state index contributed by atoms with van der Waals surface area (Å²) in [4.78, 5) is 20.2. The number of nitro groups is 1. The minimum atomic E-state index is -4.36. The van der Waals surface area contributed by atoms with Crippen molar-refractivity contribution in [2.75, 3.05) is 7.05 Å². The summed E-state index contributed by atoms with van der Waals surface area (Å²) in [5.41, 5.74) is -1.29. The van der Waals surface area contributed by atoms with Gasteiger partial charge in [0.2, 0.25) is 10.0 Å². The van der Waals surface area contributed by atoms with Crippen LogP contribution in [0.15, 0.2) is 23.1 Å². The van der Waals surface area contributed by atoms with E-state index in [0.29, 0.717) is 4.31 Å². The van der Waals surface area contributed by atoms with Gasteiger partial charge in [-0.2, -0.15) is 9.57 Å². The van der Waals surface area contributed by atoms with E-state index in [0.717, 1.165) is 32.2 Å². The number of carbonyl (C=O) groups is 1. The monoisotopic (exact) mass is 313 g/mol. The number of carboxylic acids is 1. The Hall–Kier alpha value is -2.51. The molecular weight excluding hydrogens is 302 g/mol. The number of nitriles is 1. The molecule has 10 heteroatoms. The van der Waals surface area contributed by atoms with Crippen LogP contribution in [0.3, 0.4) is 0 Å². The zero-order valence-corrected chi connectivity index (χ0v) is 11.9. The number of hydrogen-bond donors (Lipinski definition) is 1. The molecule has 0 saturated carbocycles. The molecule has 1 aromatic carbocycles. The summed E-state index contributed by atoms with van der Waals surface area (Å²) in [6, 6.07) is 3.23. The molecule has 0 saturated heterocycles. The second-order valence-electron chi connectivity index (χ2n) is 4.05. The largest absolute Gasteiger partial charge is 0.480 e. The molecule has 1 N–H and O–H groups in total. The van der Waals surface area contributed by atoms with Crippen LogP contribution in [-0.4, -0.2) is 41.8 Å². The van der Waals surface area contributed by atoms with Crippen LogP contribution in [-0.2, 0) is 14.8 Å². The molecule has 9 nitrogen and oxygen atoms in total. The molecule has 0 bridgehead atoms. The SMILES string of the molecule is CC(C(=O)O)N(C)S(=O)(=O)c1cccc([N+](=O)[O-])c1C#N. The number of carboxylic acid groups (broad SMARTS) is 1. The highest BCUT2D eigenvalue weighted by Gasteiger charge is 2.33. The lowest BCUT2D eigenvalue weighted by Gasteiger charge is -2.21. The maximum Gasteiger partial charge on any atom is 0.321 e. The molecule has 1 unspecified atom stereocenters. The Labute approximate surface area is 120 Å². The zero-order valence-electron chi connectivity index (χ0n) is 11.0. The first kappa shape index (κ1) is 16.5. The summed E-state index contributed by atoms with van der Waals surface area (Å²) in [7, 11) is -3.33. The molecule has 1 rings (SSSR count). The van der Waals surface area contributed by atoms with Gasteiger partial charge < -0.3 is 5.11 Å². The molecule has 0 aliphatic heterocycles. The average molecular weight is 313 g/mol. The maximum absolute atomic E-state index is 12.3. The summed E-state index contributed by atoms with van der Waals surface area (Å²) in [5, 5.41) is 28.7. The fraction of sp³-hybridized carbons (Fsp3) is 0.273. The number of nitro benzene ring substituents is 1. The molecular formula is C11H11N3O6S. The molecule has 0 radical (unpaired) electrons. The van der Waals surface area contributed by atoms with Gasteiger partial charge in [-0.15, -0.1) is 0 Å². The standard InChI is InChI=1S/C11H11N3O6S/c1-7(11(15)16)13(2)21(19,20)10-5-3-4-9(14(17)18)8(10)6-12/h3-5,7H,1-2H3,(H,15,16). The third kappa shape index (κ3) is 2.99. The van der Waals surface area contributed by atoms with Crippen LogP contribution >= 0.6 is 0 Å². The van der Waals surface area contributed by atoms with Crippen molar-refractivity contribution in [1.29, 1.82) is 5.26 Å². The number of rotatable bonds is 5. The van der Waals surface area contributed by atoms with Crippen molar-refractivity contribution in [1.82, 2.24) is 4.31 Å². The lowest BCUT2D eigenvalue weighted by atomic mass is 10.2. The van der Waals surface area contributed by atoms with Crippen molar-refractivity contribution >= 4 is 21.7 Å². The van der Waals surface area contributed by atoms with E-state index in [9.17, 15) is 23.3 Å². The molecule has 0 spiro atoms. The molecule has 1 atom stereocenters. The Kier molecular flexibility index (Phi) is 4.62. The Morgan fingerprint density at radius 1 is 1.52 bits per heavy atom. The van der Waals surface area contributed by atoms with Gasteiger partial charge in [-0.3, -0.25) is 14.9 Å². The van der Waals surface area contributed by atoms with Crippen molar-refractivity contribution in [2.45, 2.75) is 17.9 Å². The number of likely N-dealkylation sites (N-methyl/N-ethyl adjacent to an activating group) is 1. The highest BCUT2D eigenvalue weighted by atomic mass is 32.2. The topological polar surface area (TPSA) is 142 Å². The fourth-order valence-corrected chi connectivity index (χ4v) is 2.99. The third-order valence-electron chi connectivity index (χ3n) is 2.87. The molecule has 0 aliphatic carbocycles. The zero-order chi connectivity index (χ0) is 16.4. The molecule has 1 aromatic rings. The first-order valence-corrected chi connectivity index (χ1v) is 6.97. The number of sulfonamides is 1. The molecule has 21 heavy (non-hydrogen) atoms. The molecule has 0 amide bonds. The first-order chi connectivity index (χ1) is 9.64. The van der Waals surface area contributed by atoms with Gasteiger partial charge in [-0.05, 0) is 13.0 Å². The van der Waals surface area contributed by atoms with Gasteiger partial charge in [0.05, 0.1) is 4.92 Å². The molecule has 0 aromatic heterocycles. The minimum Gasteiger partial charge on any atom is -0.480 e. The van der Waals surface area contributed by atoms with Gasteiger partial charge >= 0.3 is 5.97 Å². The van der Waals surface area contributed by atoms with Crippen LogP contribution in [0.4, 0.5) is 5.69 Å². The second kappa shape index (κ2) is 5.86. The smallest absolute Gasteiger partial charge is 0.321 e. The summed E-state index contributed by atoms with van der Waals surface area (Å²) in [6.45, 7) is 1.14. The van der Waals surface area contributed by atoms with E-state index in [1.165, 1.54) is 6.07 Å². The van der Waals surface area contributed by atoms with Crippen LogP contribution in [0.5, 0.6) is 0 Å². The number of nitrogens with zero attached hydrogens (tertiary/aromatic N) is 3. The summed E-state index contributed by atoms with van der Waals surface area (Å²) in [5.74, 6) is -1.38. The van der Waals surface area contributed by atoms with Crippen molar-refractivity contribution in [3.8, 4) is 6.07 Å². The normalized spacial score (nSPS) is 12.7. The van der Waals surface area contributed by atoms with E-state index in [-0.39, 0.29) is 0 Å². The van der Waals surface area contributed by atoms with Gasteiger partial charge in [0.25, 0.3) is 5.69 Å². The number of aliphatic carboxylic acids is 1. The van der Waals surface area contributed by atoms with Gasteiger partial charge in [0, 0.05) is 13.1 Å². The third-order valence-corrected chi connectivity index (χ3v) is 4.84. The van der Waals surface area contributed by atoms with E-state index < -0.39 is 43.1 Å². The number of benzene rings is 1. The molecule has 0 heterocycles. The Morgan fingerprint density at radius 3 is 2.52 bits per heavy atom. The summed E-state index contributed by atoms with van der Waals surface area (Å²) >= 11 is 0. The second-order valence-corrected chi connectivity index (χ2v) is 6.02. The van der Waals surface area contributed by atoms with Crippen molar-refractivity contribution in [3.05, 3.63) is 33.9 Å². The first-order valence-electron chi connectivity index (χ1n) is 5.53. The summed E-state index contributed by atoms with van der Waals surface area (Å²) < 4.78 is 25.2. The summed E-state index contributed by atoms with van der Waals surface area (Å²) in [6.07, 6.45) is 0. The van der Waals surface area contributed by atoms with E-state index in [1.54, 1.807) is 0 Å². The van der Waals surface area contributed by atoms with E-state index >= 15 is 0 Å². The Bertz CT molecular complexity index is 737. The van der Waals surface area contributed by atoms with Crippen LogP contribution in [0.1, 0.15) is 12.5 Å². The predicted octanol–water partition coefficient (Wildman–Crippen LogP) is 0.560. The highest BCUT2D eigenvalue weighted by molar-refractivity contribution is 7.89. The van der Waals surface area contributed by atoms with Gasteiger partial charge in [0.1, 0.15) is 22.6 Å². The lowest BCUT2D eigenvalue weighted by molar-refractivity contribution is -0.385. The van der Waals surface area contributed by atoms with Crippen LogP contribution in [0, 0.1) is 21.4 Å². The van der Waals surface area contributed by atoms with E-state index in [4.69, 9.17) is 10.4 Å². The van der Waals surface area contributed by atoms with Crippen molar-refractivity contribution < 1.29 is 23.2 Å². The fourth-order valence-electron chi connectivity index (χ4n) is 1.52. The van der Waals surface area contributed by atoms with E-state index in [2.05, 4.69) is 0 Å². The molecule has 112 valence electrons. The molecule has 0 aliphatic rings. The quantitative estimate of drug-likeness (QED) is 0.618. The Morgan fingerprint density at radius 2 is 2.10 bits per heavy atom. The van der Waals surface area contributed by atoms with Crippen LogP contribution in [0.2, 0.25) is 0 Å². The van der Waals surface area contributed by atoms with Crippen LogP contribution < -0.4 is 0 Å². The lowest BCUT2D eigenvalue weighted by Crippen LogP contribution is -2.40. The van der Waals surface area contributed by atoms with Crippen molar-refractivity contribution in [3.63, 3.8) is 0 Å². The molecule has 0 fully saturated rings. The van der Waals surface area contributed by atoms with Gasteiger partial charge in [-0.25, -0.2) is 8.42 Å². The Balaban J connectivity index is 3.54. The van der Waals surface area contributed by atoms with Crippen molar-refractivity contribution in [2.24, 2.45) is 0 Å². The van der Waals surface area contributed by atoms with E-state index in [1.807, 2.05) is 0 Å². The average Bonchev–Trinajstić information content (AvgIpc) is 2.44. The van der Waals surface area contributed by atoms with Gasteiger partial charge in [0.15, 0.2) is 0 Å². The minimum absolute atomic E-state index is 0.537. The van der Waals surface area contributed by atoms with Crippen LogP contribution in [0.25, 0.3) is 0 Å².